The summed E-state index contributed by atoms with van der Waals surface area (Å²) in [6.07, 6.45) is 0.894. The maximum atomic E-state index is 12.8. The van der Waals surface area contributed by atoms with E-state index in [4.69, 9.17) is 11.6 Å². The molecule has 0 fully saturated rings. The lowest BCUT2D eigenvalue weighted by molar-refractivity contribution is -0.121. The number of hydrogen-bond donors (Lipinski definition) is 3. The van der Waals surface area contributed by atoms with Gasteiger partial charge in [-0.2, -0.15) is 0 Å². The number of rotatable bonds is 10. The van der Waals surface area contributed by atoms with E-state index in [9.17, 15) is 14.4 Å². The SMILES string of the molecule is CCC(C)NC(=O)c1cccc(CNC(=O)CC(NC(=O)c2ccccc2Cl)c2ccccc2)c1. The van der Waals surface area contributed by atoms with Crippen LogP contribution in [0.2, 0.25) is 5.02 Å². The topological polar surface area (TPSA) is 87.3 Å². The highest BCUT2D eigenvalue weighted by atomic mass is 35.5. The van der Waals surface area contributed by atoms with E-state index < -0.39 is 6.04 Å². The van der Waals surface area contributed by atoms with Crippen LogP contribution in [-0.2, 0) is 11.3 Å². The van der Waals surface area contributed by atoms with Gasteiger partial charge in [0.05, 0.1) is 23.0 Å². The van der Waals surface area contributed by atoms with Gasteiger partial charge in [-0.25, -0.2) is 0 Å². The Balaban J connectivity index is 1.65. The van der Waals surface area contributed by atoms with E-state index in [0.29, 0.717) is 16.1 Å². The standard InChI is InChI=1S/C28H30ClN3O3/c1-3-19(2)31-27(34)22-13-9-10-20(16-22)18-30-26(33)17-25(21-11-5-4-6-12-21)32-28(35)23-14-7-8-15-24(23)29/h4-16,19,25H,3,17-18H2,1-2H3,(H,30,33)(H,31,34)(H,32,35). The first-order valence-corrected chi connectivity index (χ1v) is 12.0. The molecule has 35 heavy (non-hydrogen) atoms. The van der Waals surface area contributed by atoms with Crippen molar-refractivity contribution in [1.82, 2.24) is 16.0 Å². The predicted molar refractivity (Wildman–Crippen MR) is 138 cm³/mol. The molecule has 0 aliphatic heterocycles. The predicted octanol–water partition coefficient (Wildman–Crippen LogP) is 5.05. The van der Waals surface area contributed by atoms with Crippen LogP contribution in [0.15, 0.2) is 78.9 Å². The molecule has 0 aromatic heterocycles. The molecule has 3 aromatic rings. The molecule has 0 radical (unpaired) electrons. The van der Waals surface area contributed by atoms with E-state index in [1.54, 1.807) is 42.5 Å². The molecule has 3 rings (SSSR count). The first-order chi connectivity index (χ1) is 16.9. The van der Waals surface area contributed by atoms with Crippen molar-refractivity contribution in [3.05, 3.63) is 106 Å². The molecule has 3 amide bonds. The van der Waals surface area contributed by atoms with Crippen LogP contribution in [0, 0.1) is 0 Å². The van der Waals surface area contributed by atoms with Gasteiger partial charge < -0.3 is 16.0 Å². The van der Waals surface area contributed by atoms with Crippen molar-refractivity contribution in [3.63, 3.8) is 0 Å². The molecule has 2 unspecified atom stereocenters. The molecule has 3 aromatic carbocycles. The molecule has 6 nitrogen and oxygen atoms in total. The largest absolute Gasteiger partial charge is 0.352 e. The second-order valence-corrected chi connectivity index (χ2v) is 8.79. The Labute approximate surface area is 211 Å². The van der Waals surface area contributed by atoms with Crippen LogP contribution in [0.5, 0.6) is 0 Å². The Bertz CT molecular complexity index is 1170. The third kappa shape index (κ3) is 7.69. The summed E-state index contributed by atoms with van der Waals surface area (Å²) in [5.41, 5.74) is 2.52. The van der Waals surface area contributed by atoms with Gasteiger partial charge in [-0.1, -0.05) is 73.1 Å². The van der Waals surface area contributed by atoms with Crippen molar-refractivity contribution in [1.29, 1.82) is 0 Å². The molecule has 0 saturated heterocycles. The van der Waals surface area contributed by atoms with Gasteiger partial charge in [0.2, 0.25) is 5.91 Å². The van der Waals surface area contributed by atoms with Gasteiger partial charge in [-0.05, 0) is 48.7 Å². The van der Waals surface area contributed by atoms with E-state index in [-0.39, 0.29) is 36.7 Å². The third-order valence-corrected chi connectivity index (χ3v) is 6.01. The van der Waals surface area contributed by atoms with Gasteiger partial charge in [-0.3, -0.25) is 14.4 Å². The number of hydrogen-bond acceptors (Lipinski definition) is 3. The van der Waals surface area contributed by atoms with Crippen LogP contribution in [0.3, 0.4) is 0 Å². The normalized spacial score (nSPS) is 12.3. The number of carbonyl (C=O) groups is 3. The van der Waals surface area contributed by atoms with Crippen LogP contribution < -0.4 is 16.0 Å². The lowest BCUT2D eigenvalue weighted by Gasteiger charge is -2.19. The zero-order valence-corrected chi connectivity index (χ0v) is 20.6. The summed E-state index contributed by atoms with van der Waals surface area (Å²) in [7, 11) is 0. The minimum absolute atomic E-state index is 0.0500. The number of nitrogens with one attached hydrogen (secondary N) is 3. The van der Waals surface area contributed by atoms with Crippen molar-refractivity contribution in [2.75, 3.05) is 0 Å². The maximum Gasteiger partial charge on any atom is 0.253 e. The van der Waals surface area contributed by atoms with Gasteiger partial charge >= 0.3 is 0 Å². The second-order valence-electron chi connectivity index (χ2n) is 8.38. The zero-order valence-electron chi connectivity index (χ0n) is 19.9. The molecule has 2 atom stereocenters. The molecule has 0 aliphatic rings. The highest BCUT2D eigenvalue weighted by molar-refractivity contribution is 6.33. The smallest absolute Gasteiger partial charge is 0.253 e. The molecule has 0 bridgehead atoms. The van der Waals surface area contributed by atoms with Crippen molar-refractivity contribution in [2.45, 2.75) is 45.3 Å². The monoisotopic (exact) mass is 491 g/mol. The summed E-state index contributed by atoms with van der Waals surface area (Å²) in [6.45, 7) is 4.23. The zero-order chi connectivity index (χ0) is 25.2. The highest BCUT2D eigenvalue weighted by Gasteiger charge is 2.20. The van der Waals surface area contributed by atoms with Gasteiger partial charge in [-0.15, -0.1) is 0 Å². The fourth-order valence-electron chi connectivity index (χ4n) is 3.51. The summed E-state index contributed by atoms with van der Waals surface area (Å²) >= 11 is 6.17. The average molecular weight is 492 g/mol. The third-order valence-electron chi connectivity index (χ3n) is 5.68. The lowest BCUT2D eigenvalue weighted by Crippen LogP contribution is -2.34. The average Bonchev–Trinajstić information content (AvgIpc) is 2.87. The minimum Gasteiger partial charge on any atom is -0.352 e. The van der Waals surface area contributed by atoms with E-state index in [1.165, 1.54) is 0 Å². The maximum absolute atomic E-state index is 12.8. The second kappa shape index (κ2) is 12.7. The van der Waals surface area contributed by atoms with Crippen molar-refractivity contribution in [2.24, 2.45) is 0 Å². The molecular formula is C28H30ClN3O3. The fourth-order valence-corrected chi connectivity index (χ4v) is 3.73. The number of carbonyl (C=O) groups excluding carboxylic acids is 3. The Morgan fingerprint density at radius 1 is 0.857 bits per heavy atom. The molecule has 0 aliphatic carbocycles. The fraction of sp³-hybridized carbons (Fsp3) is 0.250. The Kier molecular flexibility index (Phi) is 9.44. The van der Waals surface area contributed by atoms with Crippen LogP contribution in [-0.4, -0.2) is 23.8 Å². The van der Waals surface area contributed by atoms with Crippen molar-refractivity contribution in [3.8, 4) is 0 Å². The van der Waals surface area contributed by atoms with E-state index in [1.807, 2.05) is 50.2 Å². The first kappa shape index (κ1) is 26.0. The van der Waals surface area contributed by atoms with Crippen molar-refractivity contribution >= 4 is 29.3 Å². The summed E-state index contributed by atoms with van der Waals surface area (Å²) < 4.78 is 0. The summed E-state index contributed by atoms with van der Waals surface area (Å²) in [4.78, 5) is 38.1. The summed E-state index contributed by atoms with van der Waals surface area (Å²) in [5.74, 6) is -0.719. The number of benzene rings is 3. The van der Waals surface area contributed by atoms with Crippen LogP contribution >= 0.6 is 11.6 Å². The minimum atomic E-state index is -0.535. The molecule has 0 heterocycles. The van der Waals surface area contributed by atoms with Crippen molar-refractivity contribution < 1.29 is 14.4 Å². The van der Waals surface area contributed by atoms with Crippen LogP contribution in [0.1, 0.15) is 64.6 Å². The van der Waals surface area contributed by atoms with Gasteiger partial charge in [0.15, 0.2) is 0 Å². The lowest BCUT2D eigenvalue weighted by atomic mass is 10.0. The molecule has 7 heteroatoms. The number of halogens is 1. The number of amides is 3. The van der Waals surface area contributed by atoms with Crippen LogP contribution in [0.25, 0.3) is 0 Å². The molecule has 0 spiro atoms. The molecule has 182 valence electrons. The van der Waals surface area contributed by atoms with E-state index in [0.717, 1.165) is 17.5 Å². The summed E-state index contributed by atoms with van der Waals surface area (Å²) in [6, 6.07) is 22.8. The van der Waals surface area contributed by atoms with E-state index in [2.05, 4.69) is 16.0 Å². The molecule has 3 N–H and O–H groups in total. The first-order valence-electron chi connectivity index (χ1n) is 11.6. The Hall–Kier alpha value is -3.64. The van der Waals surface area contributed by atoms with Gasteiger partial charge in [0.1, 0.15) is 0 Å². The molecule has 0 saturated carbocycles. The highest BCUT2D eigenvalue weighted by Crippen LogP contribution is 2.20. The van der Waals surface area contributed by atoms with E-state index >= 15 is 0 Å². The molecular weight excluding hydrogens is 462 g/mol. The quantitative estimate of drug-likeness (QED) is 0.371. The van der Waals surface area contributed by atoms with Crippen LogP contribution in [0.4, 0.5) is 0 Å². The Morgan fingerprint density at radius 2 is 1.57 bits per heavy atom. The van der Waals surface area contributed by atoms with Gasteiger partial charge in [0, 0.05) is 18.2 Å². The van der Waals surface area contributed by atoms with Gasteiger partial charge in [0.25, 0.3) is 11.8 Å². The summed E-state index contributed by atoms with van der Waals surface area (Å²) in [5, 5.41) is 9.11. The Morgan fingerprint density at radius 3 is 2.29 bits per heavy atom.